The molecule has 1 rings (SSSR count). The predicted octanol–water partition coefficient (Wildman–Crippen LogP) is 5.14. The van der Waals surface area contributed by atoms with Crippen molar-refractivity contribution in [2.24, 2.45) is 0 Å². The van der Waals surface area contributed by atoms with Crippen LogP contribution in [0.15, 0.2) is 36.4 Å². The second kappa shape index (κ2) is 6.48. The van der Waals surface area contributed by atoms with Crippen molar-refractivity contribution < 1.29 is 0 Å². The molecule has 0 aliphatic heterocycles. The van der Waals surface area contributed by atoms with Crippen molar-refractivity contribution in [3.05, 3.63) is 42.0 Å². The Morgan fingerprint density at radius 2 is 1.75 bits per heavy atom. The minimum absolute atomic E-state index is 1.24. The van der Waals surface area contributed by atoms with E-state index >= 15 is 0 Å². The van der Waals surface area contributed by atoms with Crippen molar-refractivity contribution in [3.63, 3.8) is 0 Å². The molecule has 0 nitrogen and oxygen atoms in total. The van der Waals surface area contributed by atoms with Crippen molar-refractivity contribution in [3.8, 4) is 0 Å². The monoisotopic (exact) mass is 324 g/mol. The van der Waals surface area contributed by atoms with E-state index in [0.29, 0.717) is 0 Å². The summed E-state index contributed by atoms with van der Waals surface area (Å²) in [5.74, 6) is 0. The molecule has 0 aliphatic carbocycles. The third-order valence-electron chi connectivity index (χ3n) is 2.80. The second-order valence-electron chi connectivity index (χ2n) is 5.38. The average Bonchev–Trinajstić information content (AvgIpc) is 2.24. The van der Waals surface area contributed by atoms with Gasteiger partial charge in [-0.05, 0) is 0 Å². The Labute approximate surface area is 105 Å². The van der Waals surface area contributed by atoms with Gasteiger partial charge in [-0.1, -0.05) is 0 Å². The normalized spacial score (nSPS) is 12.9. The molecule has 0 amide bonds. The molecule has 0 aliphatic rings. The molecule has 1 heteroatoms. The van der Waals surface area contributed by atoms with E-state index < -0.39 is 18.4 Å². The molecule has 0 radical (unpaired) electrons. The van der Waals surface area contributed by atoms with E-state index in [0.717, 1.165) is 0 Å². The van der Waals surface area contributed by atoms with Gasteiger partial charge in [0.15, 0.2) is 0 Å². The number of benzene rings is 1. The molecule has 0 aromatic heterocycles. The van der Waals surface area contributed by atoms with Gasteiger partial charge in [-0.25, -0.2) is 0 Å². The molecule has 0 fully saturated rings. The van der Waals surface area contributed by atoms with Crippen LogP contribution in [0.5, 0.6) is 0 Å². The van der Waals surface area contributed by atoms with Crippen molar-refractivity contribution >= 4 is 22.0 Å². The number of hydrogen-bond acceptors (Lipinski definition) is 0. The summed E-state index contributed by atoms with van der Waals surface area (Å²) in [7, 11) is 0. The van der Waals surface area contributed by atoms with Crippen LogP contribution in [-0.4, -0.2) is 18.4 Å². The quantitative estimate of drug-likeness (QED) is 0.520. The van der Waals surface area contributed by atoms with Crippen LogP contribution in [0, 0.1) is 0 Å². The van der Waals surface area contributed by atoms with Gasteiger partial charge in [0.1, 0.15) is 0 Å². The molecule has 0 saturated carbocycles. The molecule has 0 saturated heterocycles. The Balaban J connectivity index is 2.93. The minimum atomic E-state index is -1.96. The van der Waals surface area contributed by atoms with Crippen LogP contribution in [0.3, 0.4) is 0 Å². The number of unbranched alkanes of at least 4 members (excludes halogenated alkanes) is 2. The van der Waals surface area contributed by atoms with E-state index in [2.05, 4.69) is 58.2 Å². The fraction of sp³-hybridized carbons (Fsp3) is 0.467. The molecule has 88 valence electrons. The van der Waals surface area contributed by atoms with E-state index in [9.17, 15) is 0 Å². The first-order valence-electron chi connectivity index (χ1n) is 6.31. The van der Waals surface area contributed by atoms with E-state index in [1.54, 1.807) is 3.59 Å². The van der Waals surface area contributed by atoms with Gasteiger partial charge in [0.2, 0.25) is 0 Å². The van der Waals surface area contributed by atoms with E-state index in [1.165, 1.54) is 24.8 Å². The summed E-state index contributed by atoms with van der Waals surface area (Å²) in [6.45, 7) is 2.26. The van der Waals surface area contributed by atoms with Gasteiger partial charge in [0.05, 0.1) is 0 Å². The van der Waals surface area contributed by atoms with Gasteiger partial charge >= 0.3 is 105 Å². The summed E-state index contributed by atoms with van der Waals surface area (Å²) in [6.07, 6.45) is 6.36. The average molecular weight is 323 g/mol. The number of rotatable bonds is 5. The third kappa shape index (κ3) is 4.32. The third-order valence-corrected chi connectivity index (χ3v) is 8.82. The molecule has 1 aromatic carbocycles. The van der Waals surface area contributed by atoms with E-state index in [4.69, 9.17) is 0 Å². The van der Waals surface area contributed by atoms with Gasteiger partial charge in [-0.3, -0.25) is 0 Å². The van der Waals surface area contributed by atoms with E-state index in [-0.39, 0.29) is 0 Å². The van der Waals surface area contributed by atoms with Crippen LogP contribution in [0.4, 0.5) is 0 Å². The summed E-state index contributed by atoms with van der Waals surface area (Å²) in [5, 5.41) is 0. The van der Waals surface area contributed by atoms with Crippen LogP contribution in [0.25, 0.3) is 3.59 Å². The standard InChI is InChI=1S/C12H15.3CH3.Sn/c1-2-3-4-6-9-12-10-7-5-8-11-12;;;;/h5-8,10-11H,2-4H2,1H3;3*1H3;. The Kier molecular flexibility index (Phi) is 5.60. The fourth-order valence-corrected chi connectivity index (χ4v) is 7.03. The second-order valence-corrected chi connectivity index (χ2v) is 19.8. The maximum absolute atomic E-state index is 2.51. The zero-order valence-corrected chi connectivity index (χ0v) is 13.9. The number of hydrogen-bond donors (Lipinski definition) is 0. The van der Waals surface area contributed by atoms with Crippen LogP contribution in [0.1, 0.15) is 31.7 Å². The van der Waals surface area contributed by atoms with Crippen LogP contribution in [-0.2, 0) is 0 Å². The molecular formula is C15H24Sn. The Hall–Kier alpha value is -0.241. The zero-order chi connectivity index (χ0) is 12.0. The fourth-order valence-electron chi connectivity index (χ4n) is 1.93. The summed E-state index contributed by atoms with van der Waals surface area (Å²) >= 11 is -1.96. The summed E-state index contributed by atoms with van der Waals surface area (Å²) < 4.78 is 1.68. The molecule has 16 heavy (non-hydrogen) atoms. The zero-order valence-electron chi connectivity index (χ0n) is 11.1. The maximum atomic E-state index is 2.51. The Bertz CT molecular complexity index is 330. The van der Waals surface area contributed by atoms with Gasteiger partial charge in [-0.15, -0.1) is 0 Å². The van der Waals surface area contributed by atoms with Gasteiger partial charge < -0.3 is 0 Å². The Morgan fingerprint density at radius 3 is 2.25 bits per heavy atom. The first kappa shape index (κ1) is 13.8. The molecule has 1 aromatic rings. The molecule has 0 N–H and O–H groups in total. The van der Waals surface area contributed by atoms with Crippen molar-refractivity contribution in [1.29, 1.82) is 0 Å². The number of allylic oxidation sites excluding steroid dienone is 1. The summed E-state index contributed by atoms with van der Waals surface area (Å²) in [6, 6.07) is 10.9. The SMILES string of the molecule is CCCC/C=[C](\c1ccccc1)[Sn]([CH3])([CH3])[CH3]. The summed E-state index contributed by atoms with van der Waals surface area (Å²) in [5.41, 5.74) is 1.46. The molecule has 0 atom stereocenters. The topological polar surface area (TPSA) is 0 Å². The first-order chi connectivity index (χ1) is 7.55. The molecular weight excluding hydrogens is 299 g/mol. The van der Waals surface area contributed by atoms with Crippen LogP contribution < -0.4 is 0 Å². The van der Waals surface area contributed by atoms with Crippen molar-refractivity contribution in [1.82, 2.24) is 0 Å². The molecule has 0 spiro atoms. The first-order valence-corrected chi connectivity index (χ1v) is 16.3. The molecule has 0 heterocycles. The summed E-state index contributed by atoms with van der Waals surface area (Å²) in [4.78, 5) is 7.50. The predicted molar refractivity (Wildman–Crippen MR) is 77.3 cm³/mol. The van der Waals surface area contributed by atoms with E-state index in [1.807, 2.05) is 0 Å². The van der Waals surface area contributed by atoms with Crippen molar-refractivity contribution in [2.75, 3.05) is 0 Å². The molecule has 0 bridgehead atoms. The van der Waals surface area contributed by atoms with Gasteiger partial charge in [0.25, 0.3) is 0 Å². The van der Waals surface area contributed by atoms with Crippen LogP contribution >= 0.6 is 0 Å². The Morgan fingerprint density at radius 1 is 1.12 bits per heavy atom. The van der Waals surface area contributed by atoms with Gasteiger partial charge in [-0.2, -0.15) is 0 Å². The van der Waals surface area contributed by atoms with Crippen LogP contribution in [0.2, 0.25) is 14.8 Å². The van der Waals surface area contributed by atoms with Crippen molar-refractivity contribution in [2.45, 2.75) is 41.0 Å². The van der Waals surface area contributed by atoms with Gasteiger partial charge in [0, 0.05) is 0 Å². The molecule has 0 unspecified atom stereocenters.